The van der Waals surface area contributed by atoms with Crippen LogP contribution < -0.4 is 10.5 Å². The second-order valence-electron chi connectivity index (χ2n) is 4.70. The Morgan fingerprint density at radius 2 is 1.95 bits per heavy atom. The summed E-state index contributed by atoms with van der Waals surface area (Å²) in [4.78, 5) is 10.6. The first-order valence-electron chi connectivity index (χ1n) is 6.83. The Bertz CT molecular complexity index is 375. The van der Waals surface area contributed by atoms with Crippen molar-refractivity contribution in [3.8, 4) is 5.75 Å². The van der Waals surface area contributed by atoms with E-state index in [4.69, 9.17) is 15.6 Å². The molecular formula is C15H23NO3. The molecule has 4 heteroatoms. The summed E-state index contributed by atoms with van der Waals surface area (Å²) in [7, 11) is 0. The fourth-order valence-corrected chi connectivity index (χ4v) is 1.78. The Balaban J connectivity index is 2.33. The number of ether oxygens (including phenoxy) is 1. The summed E-state index contributed by atoms with van der Waals surface area (Å²) in [5.74, 6) is -0.152. The highest BCUT2D eigenvalue weighted by atomic mass is 16.5. The van der Waals surface area contributed by atoms with Gasteiger partial charge in [-0.15, -0.1) is 0 Å². The van der Waals surface area contributed by atoms with Crippen LogP contribution in [0.3, 0.4) is 0 Å². The van der Waals surface area contributed by atoms with Gasteiger partial charge in [-0.3, -0.25) is 4.79 Å². The van der Waals surface area contributed by atoms with E-state index >= 15 is 0 Å². The average molecular weight is 265 g/mol. The van der Waals surface area contributed by atoms with Crippen molar-refractivity contribution in [3.05, 3.63) is 29.8 Å². The molecule has 0 aliphatic heterocycles. The molecule has 1 aromatic carbocycles. The first-order chi connectivity index (χ1) is 9.13. The van der Waals surface area contributed by atoms with Crippen LogP contribution in [0.5, 0.6) is 5.75 Å². The first-order valence-corrected chi connectivity index (χ1v) is 6.83. The molecule has 1 aromatic rings. The van der Waals surface area contributed by atoms with Crippen molar-refractivity contribution in [1.82, 2.24) is 0 Å². The van der Waals surface area contributed by atoms with Gasteiger partial charge in [-0.05, 0) is 30.5 Å². The van der Waals surface area contributed by atoms with Gasteiger partial charge in [-0.25, -0.2) is 0 Å². The molecule has 0 spiro atoms. The van der Waals surface area contributed by atoms with Crippen LogP contribution >= 0.6 is 0 Å². The van der Waals surface area contributed by atoms with Gasteiger partial charge in [0.25, 0.3) is 0 Å². The monoisotopic (exact) mass is 265 g/mol. The Hall–Kier alpha value is -1.55. The van der Waals surface area contributed by atoms with Crippen molar-refractivity contribution < 1.29 is 14.6 Å². The second kappa shape index (κ2) is 8.53. The molecule has 0 amide bonds. The van der Waals surface area contributed by atoms with Gasteiger partial charge in [0.15, 0.2) is 0 Å². The third-order valence-corrected chi connectivity index (χ3v) is 2.96. The number of carboxylic acid groups (broad SMARTS) is 1. The number of rotatable bonds is 9. The van der Waals surface area contributed by atoms with Crippen molar-refractivity contribution >= 4 is 5.97 Å². The number of benzene rings is 1. The zero-order chi connectivity index (χ0) is 14.1. The highest BCUT2D eigenvalue weighted by Crippen LogP contribution is 2.14. The van der Waals surface area contributed by atoms with Gasteiger partial charge in [0.2, 0.25) is 0 Å². The zero-order valence-electron chi connectivity index (χ0n) is 11.5. The Labute approximate surface area is 114 Å². The summed E-state index contributed by atoms with van der Waals surface area (Å²) >= 11 is 0. The molecule has 1 unspecified atom stereocenters. The number of carbonyl (C=O) groups is 1. The maximum absolute atomic E-state index is 10.6. The molecule has 0 radical (unpaired) electrons. The highest BCUT2D eigenvalue weighted by molar-refractivity contribution is 5.73. The number of carboxylic acids is 1. The van der Waals surface area contributed by atoms with Crippen molar-refractivity contribution in [2.24, 2.45) is 5.73 Å². The van der Waals surface area contributed by atoms with Gasteiger partial charge in [0.05, 0.1) is 6.61 Å². The lowest BCUT2D eigenvalue weighted by molar-refractivity contribution is -0.138. The Kier molecular flexibility index (Phi) is 6.97. The molecule has 4 nitrogen and oxygen atoms in total. The summed E-state index contributed by atoms with van der Waals surface area (Å²) in [5, 5.41) is 8.74. The Morgan fingerprint density at radius 1 is 1.26 bits per heavy atom. The van der Waals surface area contributed by atoms with Crippen LogP contribution in [0.1, 0.15) is 38.2 Å². The topological polar surface area (TPSA) is 72.5 Å². The van der Waals surface area contributed by atoms with Gasteiger partial charge in [-0.1, -0.05) is 38.3 Å². The molecular weight excluding hydrogens is 242 g/mol. The van der Waals surface area contributed by atoms with Crippen LogP contribution in [0.15, 0.2) is 24.3 Å². The van der Waals surface area contributed by atoms with E-state index in [0.717, 1.165) is 24.3 Å². The summed E-state index contributed by atoms with van der Waals surface area (Å²) < 4.78 is 5.61. The van der Waals surface area contributed by atoms with E-state index < -0.39 is 12.0 Å². The summed E-state index contributed by atoms with van der Waals surface area (Å²) in [5.41, 5.74) is 6.39. The summed E-state index contributed by atoms with van der Waals surface area (Å²) in [6.45, 7) is 2.91. The number of hydrogen-bond acceptors (Lipinski definition) is 3. The quantitative estimate of drug-likeness (QED) is 0.673. The van der Waals surface area contributed by atoms with E-state index in [2.05, 4.69) is 6.92 Å². The molecule has 0 aliphatic carbocycles. The maximum atomic E-state index is 10.6. The maximum Gasteiger partial charge on any atom is 0.320 e. The van der Waals surface area contributed by atoms with Crippen LogP contribution in [-0.4, -0.2) is 23.7 Å². The zero-order valence-corrected chi connectivity index (χ0v) is 11.5. The van der Waals surface area contributed by atoms with E-state index in [1.54, 1.807) is 0 Å². The van der Waals surface area contributed by atoms with Gasteiger partial charge in [-0.2, -0.15) is 0 Å². The number of unbranched alkanes of at least 4 members (excludes halogenated alkanes) is 3. The first kappa shape index (κ1) is 15.5. The standard InChI is InChI=1S/C15H23NO3/c1-2-3-4-5-10-19-13-8-6-12(7-9-13)11-14(16)15(17)18/h6-9,14H,2-5,10-11,16H2,1H3,(H,17,18). The molecule has 1 rings (SSSR count). The van der Waals surface area contributed by atoms with Crippen LogP contribution in [-0.2, 0) is 11.2 Å². The minimum Gasteiger partial charge on any atom is -0.494 e. The minimum atomic E-state index is -0.976. The number of nitrogens with two attached hydrogens (primary N) is 1. The molecule has 0 saturated carbocycles. The van der Waals surface area contributed by atoms with Gasteiger partial charge < -0.3 is 15.6 Å². The van der Waals surface area contributed by atoms with Crippen LogP contribution in [0.2, 0.25) is 0 Å². The molecule has 19 heavy (non-hydrogen) atoms. The normalized spacial score (nSPS) is 12.1. The van der Waals surface area contributed by atoms with Crippen molar-refractivity contribution in [2.45, 2.75) is 45.1 Å². The van der Waals surface area contributed by atoms with Crippen molar-refractivity contribution in [1.29, 1.82) is 0 Å². The summed E-state index contributed by atoms with van der Waals surface area (Å²) in [6.07, 6.45) is 5.07. The molecule has 0 fully saturated rings. The largest absolute Gasteiger partial charge is 0.494 e. The van der Waals surface area contributed by atoms with E-state index in [1.165, 1.54) is 19.3 Å². The van der Waals surface area contributed by atoms with E-state index in [-0.39, 0.29) is 0 Å². The van der Waals surface area contributed by atoms with Gasteiger partial charge in [0.1, 0.15) is 11.8 Å². The SMILES string of the molecule is CCCCCCOc1ccc(CC(N)C(=O)O)cc1. The molecule has 3 N–H and O–H groups in total. The highest BCUT2D eigenvalue weighted by Gasteiger charge is 2.11. The van der Waals surface area contributed by atoms with Crippen LogP contribution in [0.25, 0.3) is 0 Å². The Morgan fingerprint density at radius 3 is 2.53 bits per heavy atom. The lowest BCUT2D eigenvalue weighted by atomic mass is 10.1. The fraction of sp³-hybridized carbons (Fsp3) is 0.533. The van der Waals surface area contributed by atoms with Crippen molar-refractivity contribution in [2.75, 3.05) is 6.61 Å². The average Bonchev–Trinajstić information content (AvgIpc) is 2.40. The third-order valence-electron chi connectivity index (χ3n) is 2.96. The summed E-state index contributed by atoms with van der Waals surface area (Å²) in [6, 6.07) is 6.61. The number of hydrogen-bond donors (Lipinski definition) is 2. The van der Waals surface area contributed by atoms with Crippen LogP contribution in [0.4, 0.5) is 0 Å². The fourth-order valence-electron chi connectivity index (χ4n) is 1.78. The second-order valence-corrected chi connectivity index (χ2v) is 4.70. The lowest BCUT2D eigenvalue weighted by Gasteiger charge is -2.09. The van der Waals surface area contributed by atoms with E-state index in [1.807, 2.05) is 24.3 Å². The molecule has 0 saturated heterocycles. The third kappa shape index (κ3) is 6.25. The molecule has 106 valence electrons. The molecule has 1 atom stereocenters. The van der Waals surface area contributed by atoms with Crippen LogP contribution in [0, 0.1) is 0 Å². The predicted molar refractivity (Wildman–Crippen MR) is 75.4 cm³/mol. The smallest absolute Gasteiger partial charge is 0.320 e. The molecule has 0 bridgehead atoms. The van der Waals surface area contributed by atoms with E-state index in [0.29, 0.717) is 6.42 Å². The predicted octanol–water partition coefficient (Wildman–Crippen LogP) is 2.60. The minimum absolute atomic E-state index is 0.339. The van der Waals surface area contributed by atoms with Gasteiger partial charge in [0, 0.05) is 0 Å². The molecule has 0 aromatic heterocycles. The van der Waals surface area contributed by atoms with E-state index in [9.17, 15) is 4.79 Å². The van der Waals surface area contributed by atoms with Crippen molar-refractivity contribution in [3.63, 3.8) is 0 Å². The molecule has 0 heterocycles. The number of aliphatic carboxylic acids is 1. The van der Waals surface area contributed by atoms with Gasteiger partial charge >= 0.3 is 5.97 Å². The lowest BCUT2D eigenvalue weighted by Crippen LogP contribution is -2.32. The molecule has 0 aliphatic rings.